The van der Waals surface area contributed by atoms with Crippen LogP contribution in [0.25, 0.3) is 16.9 Å². The Morgan fingerprint density at radius 3 is 2.48 bits per heavy atom. The zero-order valence-electron chi connectivity index (χ0n) is 13.6. The molecule has 0 bridgehead atoms. The fourth-order valence-corrected chi connectivity index (χ4v) is 2.50. The fourth-order valence-electron chi connectivity index (χ4n) is 2.50. The smallest absolute Gasteiger partial charge is 0.0973 e. The zero-order valence-corrected chi connectivity index (χ0v) is 13.6. The summed E-state index contributed by atoms with van der Waals surface area (Å²) in [6.45, 7) is 6.23. The average Bonchev–Trinajstić information content (AvgIpc) is 3.00. The minimum atomic E-state index is 0.628. The van der Waals surface area contributed by atoms with E-state index in [9.17, 15) is 0 Å². The Hall–Kier alpha value is -2.46. The minimum absolute atomic E-state index is 0.628. The molecule has 1 aromatic carbocycles. The second-order valence-corrected chi connectivity index (χ2v) is 6.04. The molecule has 3 rings (SSSR count). The van der Waals surface area contributed by atoms with Crippen LogP contribution in [0.1, 0.15) is 19.4 Å². The molecule has 0 aliphatic heterocycles. The van der Waals surface area contributed by atoms with E-state index < -0.39 is 0 Å². The molecule has 2 aromatic heterocycles. The van der Waals surface area contributed by atoms with Crippen LogP contribution in [0.2, 0.25) is 0 Å². The summed E-state index contributed by atoms with van der Waals surface area (Å²) >= 11 is 0. The molecule has 0 aliphatic carbocycles. The van der Waals surface area contributed by atoms with Gasteiger partial charge < -0.3 is 5.32 Å². The van der Waals surface area contributed by atoms with Gasteiger partial charge in [-0.05, 0) is 36.7 Å². The number of hydrogen-bond donors (Lipinski definition) is 1. The second-order valence-electron chi connectivity index (χ2n) is 6.04. The quantitative estimate of drug-likeness (QED) is 0.755. The maximum absolute atomic E-state index is 4.80. The van der Waals surface area contributed by atoms with Crippen LogP contribution in [-0.4, -0.2) is 21.3 Å². The first kappa shape index (κ1) is 15.4. The molecule has 1 N–H and O–H groups in total. The maximum Gasteiger partial charge on any atom is 0.0973 e. The van der Waals surface area contributed by atoms with Crippen molar-refractivity contribution in [3.05, 3.63) is 66.6 Å². The van der Waals surface area contributed by atoms with E-state index in [4.69, 9.17) is 5.10 Å². The van der Waals surface area contributed by atoms with E-state index in [0.717, 1.165) is 30.0 Å². The van der Waals surface area contributed by atoms with Gasteiger partial charge in [0.2, 0.25) is 0 Å². The molecule has 0 fully saturated rings. The number of aromatic nitrogens is 3. The Morgan fingerprint density at radius 1 is 1.04 bits per heavy atom. The zero-order chi connectivity index (χ0) is 16.1. The first-order chi connectivity index (χ1) is 11.2. The van der Waals surface area contributed by atoms with E-state index in [0.29, 0.717) is 5.92 Å². The number of pyridine rings is 1. The van der Waals surface area contributed by atoms with Gasteiger partial charge >= 0.3 is 0 Å². The maximum atomic E-state index is 4.80. The Bertz CT molecular complexity index is 733. The van der Waals surface area contributed by atoms with Gasteiger partial charge in [0.15, 0.2) is 0 Å². The van der Waals surface area contributed by atoms with Gasteiger partial charge in [-0.2, -0.15) is 5.10 Å². The van der Waals surface area contributed by atoms with Crippen molar-refractivity contribution >= 4 is 0 Å². The van der Waals surface area contributed by atoms with Crippen molar-refractivity contribution < 1.29 is 0 Å². The highest BCUT2D eigenvalue weighted by Gasteiger charge is 2.12. The summed E-state index contributed by atoms with van der Waals surface area (Å²) in [5, 5.41) is 8.30. The van der Waals surface area contributed by atoms with Crippen LogP contribution in [-0.2, 0) is 6.54 Å². The first-order valence-corrected chi connectivity index (χ1v) is 7.99. The molecule has 23 heavy (non-hydrogen) atoms. The van der Waals surface area contributed by atoms with Gasteiger partial charge in [-0.15, -0.1) is 0 Å². The van der Waals surface area contributed by atoms with Gasteiger partial charge in [0.25, 0.3) is 0 Å². The monoisotopic (exact) mass is 306 g/mol. The number of para-hydroxylation sites is 1. The summed E-state index contributed by atoms with van der Waals surface area (Å²) in [7, 11) is 0. The summed E-state index contributed by atoms with van der Waals surface area (Å²) in [4.78, 5) is 4.10. The highest BCUT2D eigenvalue weighted by Crippen LogP contribution is 2.23. The van der Waals surface area contributed by atoms with Gasteiger partial charge in [-0.1, -0.05) is 32.0 Å². The van der Waals surface area contributed by atoms with Gasteiger partial charge in [-0.3, -0.25) is 4.98 Å². The number of nitrogens with zero attached hydrogens (tertiary/aromatic N) is 3. The van der Waals surface area contributed by atoms with Crippen molar-refractivity contribution in [2.45, 2.75) is 20.4 Å². The Kier molecular flexibility index (Phi) is 4.83. The van der Waals surface area contributed by atoms with E-state index in [1.807, 2.05) is 47.4 Å². The Morgan fingerprint density at radius 2 is 1.78 bits per heavy atom. The van der Waals surface area contributed by atoms with E-state index in [-0.39, 0.29) is 0 Å². The van der Waals surface area contributed by atoms with Gasteiger partial charge in [-0.25, -0.2) is 4.68 Å². The number of benzene rings is 1. The van der Waals surface area contributed by atoms with Gasteiger partial charge in [0, 0.05) is 36.3 Å². The summed E-state index contributed by atoms with van der Waals surface area (Å²) in [5.41, 5.74) is 4.36. The normalized spacial score (nSPS) is 11.1. The van der Waals surface area contributed by atoms with Crippen molar-refractivity contribution in [3.63, 3.8) is 0 Å². The van der Waals surface area contributed by atoms with E-state index in [1.165, 1.54) is 5.56 Å². The highest BCUT2D eigenvalue weighted by atomic mass is 15.3. The molecular weight excluding hydrogens is 284 g/mol. The third-order valence-corrected chi connectivity index (χ3v) is 3.63. The Balaban J connectivity index is 1.93. The average molecular weight is 306 g/mol. The lowest BCUT2D eigenvalue weighted by Crippen LogP contribution is -2.19. The van der Waals surface area contributed by atoms with Crippen LogP contribution in [0.5, 0.6) is 0 Å². The molecule has 3 aromatic rings. The molecule has 2 heterocycles. The summed E-state index contributed by atoms with van der Waals surface area (Å²) in [6, 6.07) is 14.2. The standard InChI is InChI=1S/C19H22N4/c1-15(2)12-21-13-17-14-23(18-6-4-3-5-7-18)22-19(17)16-8-10-20-11-9-16/h3-11,14-15,21H,12-13H2,1-2H3. The molecule has 0 spiro atoms. The summed E-state index contributed by atoms with van der Waals surface area (Å²) in [5.74, 6) is 0.628. The van der Waals surface area contributed by atoms with Crippen LogP contribution in [0.3, 0.4) is 0 Å². The second kappa shape index (κ2) is 7.20. The van der Waals surface area contributed by atoms with Crippen molar-refractivity contribution in [3.8, 4) is 16.9 Å². The van der Waals surface area contributed by atoms with Crippen molar-refractivity contribution in [1.29, 1.82) is 0 Å². The molecule has 4 heteroatoms. The number of rotatable bonds is 6. The SMILES string of the molecule is CC(C)CNCc1cn(-c2ccccc2)nc1-c1ccncc1. The van der Waals surface area contributed by atoms with Crippen LogP contribution < -0.4 is 5.32 Å². The predicted molar refractivity (Wildman–Crippen MR) is 93.3 cm³/mol. The molecule has 0 radical (unpaired) electrons. The van der Waals surface area contributed by atoms with E-state index in [1.54, 1.807) is 0 Å². The molecular formula is C19H22N4. The third-order valence-electron chi connectivity index (χ3n) is 3.63. The minimum Gasteiger partial charge on any atom is -0.312 e. The molecule has 0 saturated carbocycles. The molecule has 0 aliphatic rings. The van der Waals surface area contributed by atoms with Crippen LogP contribution >= 0.6 is 0 Å². The van der Waals surface area contributed by atoms with Crippen molar-refractivity contribution in [2.24, 2.45) is 5.92 Å². The van der Waals surface area contributed by atoms with Gasteiger partial charge in [0.1, 0.15) is 0 Å². The Labute approximate surface area is 137 Å². The topological polar surface area (TPSA) is 42.7 Å². The molecule has 0 amide bonds. The van der Waals surface area contributed by atoms with E-state index in [2.05, 4.69) is 42.5 Å². The lowest BCUT2D eigenvalue weighted by Gasteiger charge is -2.07. The van der Waals surface area contributed by atoms with Crippen LogP contribution in [0.15, 0.2) is 61.1 Å². The van der Waals surface area contributed by atoms with Crippen LogP contribution in [0, 0.1) is 5.92 Å². The predicted octanol–water partition coefficient (Wildman–Crippen LogP) is 3.68. The lowest BCUT2D eigenvalue weighted by atomic mass is 10.1. The molecule has 0 atom stereocenters. The first-order valence-electron chi connectivity index (χ1n) is 7.99. The molecule has 118 valence electrons. The van der Waals surface area contributed by atoms with Crippen molar-refractivity contribution in [2.75, 3.05) is 6.54 Å². The van der Waals surface area contributed by atoms with E-state index >= 15 is 0 Å². The van der Waals surface area contributed by atoms with Crippen LogP contribution in [0.4, 0.5) is 0 Å². The molecule has 0 saturated heterocycles. The number of nitrogens with one attached hydrogen (secondary N) is 1. The number of hydrogen-bond acceptors (Lipinski definition) is 3. The lowest BCUT2D eigenvalue weighted by molar-refractivity contribution is 0.552. The van der Waals surface area contributed by atoms with Crippen molar-refractivity contribution in [1.82, 2.24) is 20.1 Å². The highest BCUT2D eigenvalue weighted by molar-refractivity contribution is 5.62. The molecule has 4 nitrogen and oxygen atoms in total. The third kappa shape index (κ3) is 3.85. The summed E-state index contributed by atoms with van der Waals surface area (Å²) in [6.07, 6.45) is 5.73. The largest absolute Gasteiger partial charge is 0.312 e. The van der Waals surface area contributed by atoms with Gasteiger partial charge in [0.05, 0.1) is 11.4 Å². The molecule has 0 unspecified atom stereocenters. The fraction of sp³-hybridized carbons (Fsp3) is 0.263. The summed E-state index contributed by atoms with van der Waals surface area (Å²) < 4.78 is 1.95.